The van der Waals surface area contributed by atoms with Crippen molar-refractivity contribution in [2.24, 2.45) is 0 Å². The molecule has 6 nitrogen and oxygen atoms in total. The topological polar surface area (TPSA) is 72.3 Å². The standard InChI is InChI=1S/C28H23F2N5OS2/c29-23-9-5-21(6-10-23)26(22-7-11-24(30)12-8-22)34-13-15-35(16-14-34)28(36)38-33-27-32-25(18-37-27)20-3-1-19(17-31)2-4-20/h1-12,18,26H,13-16H2,(H,32,33). The number of rotatable bonds is 6. The lowest BCUT2D eigenvalue weighted by atomic mass is 9.96. The van der Waals surface area contributed by atoms with E-state index in [0.29, 0.717) is 36.9 Å². The van der Waals surface area contributed by atoms with Crippen molar-refractivity contribution in [3.05, 3.63) is 107 Å². The van der Waals surface area contributed by atoms with Gasteiger partial charge in [0.05, 0.1) is 23.4 Å². The lowest BCUT2D eigenvalue weighted by Crippen LogP contribution is -2.49. The number of carbonyl (C=O) groups is 1. The van der Waals surface area contributed by atoms with Gasteiger partial charge in [0.2, 0.25) is 0 Å². The van der Waals surface area contributed by atoms with Crippen molar-refractivity contribution in [2.75, 3.05) is 30.9 Å². The molecular formula is C28H23F2N5OS2. The van der Waals surface area contributed by atoms with Gasteiger partial charge in [-0.2, -0.15) is 5.26 Å². The van der Waals surface area contributed by atoms with Crippen LogP contribution in [0.3, 0.4) is 0 Å². The number of amides is 1. The molecule has 1 aliphatic rings. The molecule has 1 saturated heterocycles. The molecule has 0 spiro atoms. The molecule has 38 heavy (non-hydrogen) atoms. The SMILES string of the molecule is N#Cc1ccc(-c2csc(NSC(=O)N3CCN(C(c4ccc(F)cc4)c4ccc(F)cc4)CC3)n2)cc1. The first-order valence-electron chi connectivity index (χ1n) is 11.9. The number of nitriles is 1. The molecule has 1 aliphatic heterocycles. The van der Waals surface area contributed by atoms with Crippen molar-refractivity contribution in [1.82, 2.24) is 14.8 Å². The molecule has 10 heteroatoms. The van der Waals surface area contributed by atoms with E-state index in [1.807, 2.05) is 17.5 Å². The molecule has 1 fully saturated rings. The monoisotopic (exact) mass is 547 g/mol. The third-order valence-electron chi connectivity index (χ3n) is 6.35. The van der Waals surface area contributed by atoms with E-state index in [9.17, 15) is 13.6 Å². The van der Waals surface area contributed by atoms with Crippen LogP contribution in [0, 0.1) is 23.0 Å². The van der Waals surface area contributed by atoms with Gasteiger partial charge >= 0.3 is 5.24 Å². The fourth-order valence-electron chi connectivity index (χ4n) is 4.39. The summed E-state index contributed by atoms with van der Waals surface area (Å²) in [6.45, 7) is 2.29. The molecule has 2 heterocycles. The van der Waals surface area contributed by atoms with Crippen LogP contribution in [0.25, 0.3) is 11.3 Å². The zero-order chi connectivity index (χ0) is 26.5. The van der Waals surface area contributed by atoms with Crippen LogP contribution in [0.1, 0.15) is 22.7 Å². The number of carbonyl (C=O) groups excluding carboxylic acids is 1. The van der Waals surface area contributed by atoms with Crippen molar-refractivity contribution >= 4 is 33.7 Å². The Morgan fingerprint density at radius 2 is 1.50 bits per heavy atom. The predicted molar refractivity (Wildman–Crippen MR) is 147 cm³/mol. The summed E-state index contributed by atoms with van der Waals surface area (Å²) in [7, 11) is 0. The summed E-state index contributed by atoms with van der Waals surface area (Å²) < 4.78 is 30.2. The highest BCUT2D eigenvalue weighted by Crippen LogP contribution is 2.31. The summed E-state index contributed by atoms with van der Waals surface area (Å²) in [5.41, 5.74) is 4.09. The molecule has 3 aromatic carbocycles. The minimum absolute atomic E-state index is 0.0973. The Bertz CT molecular complexity index is 1380. The number of thiazole rings is 1. The zero-order valence-electron chi connectivity index (χ0n) is 20.2. The van der Waals surface area contributed by atoms with E-state index in [1.54, 1.807) is 41.3 Å². The Morgan fingerprint density at radius 1 is 0.921 bits per heavy atom. The van der Waals surface area contributed by atoms with Gasteiger partial charge in [-0.05, 0) is 47.5 Å². The average molecular weight is 548 g/mol. The molecule has 0 radical (unpaired) electrons. The van der Waals surface area contributed by atoms with Crippen molar-refractivity contribution in [2.45, 2.75) is 6.04 Å². The van der Waals surface area contributed by atoms with Crippen LogP contribution in [0.2, 0.25) is 0 Å². The molecule has 1 aromatic heterocycles. The second kappa shape index (κ2) is 11.7. The van der Waals surface area contributed by atoms with Crippen LogP contribution in [-0.4, -0.2) is 46.2 Å². The Balaban J connectivity index is 1.19. The van der Waals surface area contributed by atoms with Gasteiger partial charge < -0.3 is 4.90 Å². The minimum atomic E-state index is -0.309. The number of nitrogens with one attached hydrogen (secondary N) is 1. The van der Waals surface area contributed by atoms with Gasteiger partial charge in [0, 0.05) is 49.1 Å². The van der Waals surface area contributed by atoms with Gasteiger partial charge in [-0.1, -0.05) is 36.4 Å². The maximum atomic E-state index is 13.6. The summed E-state index contributed by atoms with van der Waals surface area (Å²) in [5.74, 6) is -0.619. The highest BCUT2D eigenvalue weighted by molar-refractivity contribution is 8.14. The lowest BCUT2D eigenvalue weighted by molar-refractivity contribution is 0.131. The Hall–Kier alpha value is -3.78. The summed E-state index contributed by atoms with van der Waals surface area (Å²) >= 11 is 2.40. The summed E-state index contributed by atoms with van der Waals surface area (Å²) in [4.78, 5) is 21.4. The molecule has 0 bridgehead atoms. The van der Waals surface area contributed by atoms with Gasteiger partial charge in [-0.25, -0.2) is 13.8 Å². The minimum Gasteiger partial charge on any atom is -0.330 e. The van der Waals surface area contributed by atoms with Crippen molar-refractivity contribution in [3.63, 3.8) is 0 Å². The molecule has 5 rings (SSSR count). The lowest BCUT2D eigenvalue weighted by Gasteiger charge is -2.39. The van der Waals surface area contributed by atoms with E-state index < -0.39 is 0 Å². The van der Waals surface area contributed by atoms with E-state index in [4.69, 9.17) is 5.26 Å². The highest BCUT2D eigenvalue weighted by atomic mass is 32.2. The predicted octanol–water partition coefficient (Wildman–Crippen LogP) is 6.55. The second-order valence-electron chi connectivity index (χ2n) is 8.73. The maximum absolute atomic E-state index is 13.6. The van der Waals surface area contributed by atoms with Crippen LogP contribution in [-0.2, 0) is 0 Å². The largest absolute Gasteiger partial charge is 0.330 e. The molecule has 1 amide bonds. The molecule has 4 aromatic rings. The highest BCUT2D eigenvalue weighted by Gasteiger charge is 2.28. The quantitative estimate of drug-likeness (QED) is 0.276. The number of benzene rings is 3. The van der Waals surface area contributed by atoms with Crippen molar-refractivity contribution in [1.29, 1.82) is 5.26 Å². The third kappa shape index (κ3) is 6.02. The van der Waals surface area contributed by atoms with Crippen LogP contribution < -0.4 is 4.72 Å². The molecule has 0 unspecified atom stereocenters. The van der Waals surface area contributed by atoms with Gasteiger partial charge in [-0.3, -0.25) is 14.4 Å². The zero-order valence-corrected chi connectivity index (χ0v) is 21.8. The summed E-state index contributed by atoms with van der Waals surface area (Å²) in [6.07, 6.45) is 0. The van der Waals surface area contributed by atoms with Gasteiger partial charge in [-0.15, -0.1) is 11.3 Å². The van der Waals surface area contributed by atoms with Gasteiger partial charge in [0.1, 0.15) is 11.6 Å². The van der Waals surface area contributed by atoms with Gasteiger partial charge in [0.15, 0.2) is 5.13 Å². The molecule has 0 saturated carbocycles. The van der Waals surface area contributed by atoms with Crippen molar-refractivity contribution in [3.8, 4) is 17.3 Å². The number of piperazine rings is 1. The normalized spacial score (nSPS) is 13.9. The Kier molecular flexibility index (Phi) is 7.98. The second-order valence-corrected chi connectivity index (χ2v) is 10.3. The fourth-order valence-corrected chi connectivity index (χ4v) is 5.80. The van der Waals surface area contributed by atoms with E-state index in [0.717, 1.165) is 34.3 Å². The first kappa shape index (κ1) is 25.9. The average Bonchev–Trinajstić information content (AvgIpc) is 3.43. The molecule has 0 atom stereocenters. The van der Waals surface area contributed by atoms with Crippen LogP contribution >= 0.6 is 23.3 Å². The fraction of sp³-hybridized carbons (Fsp3) is 0.179. The van der Waals surface area contributed by atoms with E-state index in [1.165, 1.54) is 35.6 Å². The van der Waals surface area contributed by atoms with Crippen molar-refractivity contribution < 1.29 is 13.6 Å². The maximum Gasteiger partial charge on any atom is 0.302 e. The number of nitrogens with zero attached hydrogens (tertiary/aromatic N) is 4. The van der Waals surface area contributed by atoms with Gasteiger partial charge in [0.25, 0.3) is 0 Å². The van der Waals surface area contributed by atoms with E-state index >= 15 is 0 Å². The Morgan fingerprint density at radius 3 is 2.05 bits per heavy atom. The first-order valence-corrected chi connectivity index (χ1v) is 13.6. The first-order chi connectivity index (χ1) is 18.5. The Labute approximate surface area is 227 Å². The van der Waals surface area contributed by atoms with Crippen LogP contribution in [0.15, 0.2) is 78.2 Å². The number of anilines is 1. The molecule has 192 valence electrons. The van der Waals surface area contributed by atoms with Crippen LogP contribution in [0.5, 0.6) is 0 Å². The third-order valence-corrected chi connectivity index (χ3v) is 7.96. The molecule has 0 aliphatic carbocycles. The van der Waals surface area contributed by atoms with E-state index in [2.05, 4.69) is 20.7 Å². The van der Waals surface area contributed by atoms with E-state index in [-0.39, 0.29) is 22.9 Å². The van der Waals surface area contributed by atoms with Crippen LogP contribution in [0.4, 0.5) is 18.7 Å². The number of hydrogen-bond donors (Lipinski definition) is 1. The number of aromatic nitrogens is 1. The number of halogens is 2. The summed E-state index contributed by atoms with van der Waals surface area (Å²) in [6, 6.07) is 21.8. The molecular weight excluding hydrogens is 524 g/mol. The smallest absolute Gasteiger partial charge is 0.302 e. The number of hydrogen-bond acceptors (Lipinski definition) is 7. The summed E-state index contributed by atoms with van der Waals surface area (Å²) in [5, 5.41) is 11.4. The molecule has 1 N–H and O–H groups in total.